The molecule has 1 unspecified atom stereocenters. The first kappa shape index (κ1) is 11.2. The van der Waals surface area contributed by atoms with Gasteiger partial charge in [-0.25, -0.2) is 0 Å². The van der Waals surface area contributed by atoms with Gasteiger partial charge < -0.3 is 9.63 Å². The summed E-state index contributed by atoms with van der Waals surface area (Å²) in [7, 11) is 0. The monoisotopic (exact) mass is 237 g/mol. The number of nitrogens with zero attached hydrogens (tertiary/aromatic N) is 3. The van der Waals surface area contributed by atoms with Crippen LogP contribution in [0.2, 0.25) is 0 Å². The lowest BCUT2D eigenvalue weighted by atomic mass is 9.95. The molecule has 17 heavy (non-hydrogen) atoms. The maximum atomic E-state index is 10.0. The number of aromatic nitrogens is 2. The van der Waals surface area contributed by atoms with E-state index in [2.05, 4.69) is 15.0 Å². The summed E-state index contributed by atoms with van der Waals surface area (Å²) in [6.45, 7) is 4.28. The molecule has 1 aliphatic carbocycles. The molecule has 0 aromatic carbocycles. The van der Waals surface area contributed by atoms with E-state index in [1.165, 1.54) is 12.8 Å². The summed E-state index contributed by atoms with van der Waals surface area (Å²) >= 11 is 0. The van der Waals surface area contributed by atoms with Crippen LogP contribution in [0.25, 0.3) is 0 Å². The maximum Gasteiger partial charge on any atom is 0.229 e. The molecule has 0 spiro atoms. The molecule has 1 saturated carbocycles. The molecule has 1 aliphatic heterocycles. The van der Waals surface area contributed by atoms with E-state index in [9.17, 15) is 5.11 Å². The normalized spacial score (nSPS) is 30.7. The predicted octanol–water partition coefficient (Wildman–Crippen LogP) is 1.29. The van der Waals surface area contributed by atoms with Gasteiger partial charge in [0, 0.05) is 12.5 Å². The average Bonchev–Trinajstić information content (AvgIpc) is 2.99. The molecule has 0 bridgehead atoms. The minimum atomic E-state index is -0.568. The molecule has 1 N–H and O–H groups in total. The number of β-amino-alcohol motifs (C(OH)–C–C–N with tert-alkyl or cyclic N) is 1. The summed E-state index contributed by atoms with van der Waals surface area (Å²) in [6, 6.07) is 0. The lowest BCUT2D eigenvalue weighted by Gasteiger charge is -2.36. The summed E-state index contributed by atoms with van der Waals surface area (Å²) < 4.78 is 5.23. The van der Waals surface area contributed by atoms with Crippen LogP contribution >= 0.6 is 0 Å². The van der Waals surface area contributed by atoms with E-state index in [0.29, 0.717) is 19.0 Å². The molecular formula is C12H19N3O2. The first-order chi connectivity index (χ1) is 8.12. The van der Waals surface area contributed by atoms with E-state index in [4.69, 9.17) is 4.52 Å². The molecule has 94 valence electrons. The zero-order valence-corrected chi connectivity index (χ0v) is 10.2. The molecule has 2 heterocycles. The first-order valence-corrected chi connectivity index (χ1v) is 6.40. The quantitative estimate of drug-likeness (QED) is 0.858. The molecule has 3 rings (SSSR count). The van der Waals surface area contributed by atoms with Crippen LogP contribution in [0.1, 0.15) is 50.2 Å². The van der Waals surface area contributed by atoms with Crippen LogP contribution < -0.4 is 0 Å². The van der Waals surface area contributed by atoms with Crippen LogP contribution in [-0.2, 0) is 6.54 Å². The van der Waals surface area contributed by atoms with Crippen molar-refractivity contribution >= 4 is 0 Å². The van der Waals surface area contributed by atoms with Crippen LogP contribution in [0.3, 0.4) is 0 Å². The lowest BCUT2D eigenvalue weighted by molar-refractivity contribution is -0.0190. The van der Waals surface area contributed by atoms with Crippen molar-refractivity contribution in [2.24, 2.45) is 0 Å². The fourth-order valence-electron chi connectivity index (χ4n) is 2.49. The zero-order chi connectivity index (χ0) is 11.9. The molecule has 1 atom stereocenters. The van der Waals surface area contributed by atoms with Crippen LogP contribution in [0, 0.1) is 0 Å². The Labute approximate surface area is 101 Å². The van der Waals surface area contributed by atoms with Gasteiger partial charge in [0.15, 0.2) is 5.82 Å². The van der Waals surface area contributed by atoms with E-state index < -0.39 is 5.60 Å². The van der Waals surface area contributed by atoms with Crippen molar-refractivity contribution in [2.75, 3.05) is 13.1 Å². The Hall–Kier alpha value is -0.940. The fourth-order valence-corrected chi connectivity index (χ4v) is 2.49. The smallest absolute Gasteiger partial charge is 0.229 e. The number of hydrogen-bond donors (Lipinski definition) is 1. The highest BCUT2D eigenvalue weighted by atomic mass is 16.5. The molecule has 5 nitrogen and oxygen atoms in total. The van der Waals surface area contributed by atoms with Gasteiger partial charge in [-0.3, -0.25) is 4.90 Å². The van der Waals surface area contributed by atoms with Crippen molar-refractivity contribution < 1.29 is 9.63 Å². The van der Waals surface area contributed by atoms with Gasteiger partial charge in [0.05, 0.1) is 12.1 Å². The van der Waals surface area contributed by atoms with Gasteiger partial charge in [0.2, 0.25) is 5.89 Å². The van der Waals surface area contributed by atoms with E-state index >= 15 is 0 Å². The molecule has 1 aromatic heterocycles. The van der Waals surface area contributed by atoms with Crippen molar-refractivity contribution in [1.82, 2.24) is 15.0 Å². The number of piperidine rings is 1. The molecule has 5 heteroatoms. The molecule has 0 amide bonds. The van der Waals surface area contributed by atoms with Gasteiger partial charge in [-0.2, -0.15) is 4.98 Å². The lowest BCUT2D eigenvalue weighted by Crippen LogP contribution is -2.45. The minimum Gasteiger partial charge on any atom is -0.389 e. The molecule has 0 radical (unpaired) electrons. The van der Waals surface area contributed by atoms with Gasteiger partial charge in [-0.1, -0.05) is 5.16 Å². The standard InChI is InChI=1S/C12H19N3O2/c1-12(16)5-2-6-15(8-12)7-10-13-11(17-14-10)9-3-4-9/h9,16H,2-8H2,1H3. The van der Waals surface area contributed by atoms with Crippen molar-refractivity contribution in [1.29, 1.82) is 0 Å². The Kier molecular flexibility index (Phi) is 2.67. The number of aliphatic hydroxyl groups is 1. The Morgan fingerprint density at radius 2 is 2.35 bits per heavy atom. The number of hydrogen-bond acceptors (Lipinski definition) is 5. The second-order valence-electron chi connectivity index (χ2n) is 5.63. The summed E-state index contributed by atoms with van der Waals surface area (Å²) in [5, 5.41) is 14.0. The van der Waals surface area contributed by atoms with Crippen molar-refractivity contribution in [3.8, 4) is 0 Å². The summed E-state index contributed by atoms with van der Waals surface area (Å²) in [5.41, 5.74) is -0.568. The highest BCUT2D eigenvalue weighted by molar-refractivity contribution is 5.02. The molecule has 2 aliphatic rings. The minimum absolute atomic E-state index is 0.515. The van der Waals surface area contributed by atoms with Crippen LogP contribution in [0.15, 0.2) is 4.52 Å². The SMILES string of the molecule is CC1(O)CCCN(Cc2noc(C3CC3)n2)C1. The third-order valence-corrected chi connectivity index (χ3v) is 3.53. The number of rotatable bonds is 3. The van der Waals surface area contributed by atoms with E-state index in [0.717, 1.165) is 31.1 Å². The molecule has 1 saturated heterocycles. The second-order valence-corrected chi connectivity index (χ2v) is 5.63. The molecule has 2 fully saturated rings. The Morgan fingerprint density at radius 3 is 3.06 bits per heavy atom. The van der Waals surface area contributed by atoms with E-state index in [1.54, 1.807) is 0 Å². The van der Waals surface area contributed by atoms with Crippen molar-refractivity contribution in [3.05, 3.63) is 11.7 Å². The van der Waals surface area contributed by atoms with Gasteiger partial charge >= 0.3 is 0 Å². The largest absolute Gasteiger partial charge is 0.389 e. The summed E-state index contributed by atoms with van der Waals surface area (Å²) in [4.78, 5) is 6.61. The van der Waals surface area contributed by atoms with Crippen molar-refractivity contribution in [2.45, 2.75) is 50.7 Å². The Balaban J connectivity index is 1.61. The van der Waals surface area contributed by atoms with Crippen LogP contribution in [0.5, 0.6) is 0 Å². The molecule has 1 aromatic rings. The molecular weight excluding hydrogens is 218 g/mol. The predicted molar refractivity (Wildman–Crippen MR) is 61.4 cm³/mol. The van der Waals surface area contributed by atoms with E-state index in [1.807, 2.05) is 6.92 Å². The van der Waals surface area contributed by atoms with Gasteiger partial charge in [0.1, 0.15) is 0 Å². The third-order valence-electron chi connectivity index (χ3n) is 3.53. The highest BCUT2D eigenvalue weighted by Crippen LogP contribution is 2.38. The zero-order valence-electron chi connectivity index (χ0n) is 10.2. The van der Waals surface area contributed by atoms with Gasteiger partial charge in [0.25, 0.3) is 0 Å². The topological polar surface area (TPSA) is 62.4 Å². The summed E-state index contributed by atoms with van der Waals surface area (Å²) in [6.07, 6.45) is 4.27. The van der Waals surface area contributed by atoms with E-state index in [-0.39, 0.29) is 0 Å². The second kappa shape index (κ2) is 4.07. The average molecular weight is 237 g/mol. The first-order valence-electron chi connectivity index (χ1n) is 6.40. The Bertz CT molecular complexity index is 398. The fraction of sp³-hybridized carbons (Fsp3) is 0.833. The van der Waals surface area contributed by atoms with Gasteiger partial charge in [-0.05, 0) is 39.2 Å². The van der Waals surface area contributed by atoms with Crippen molar-refractivity contribution in [3.63, 3.8) is 0 Å². The number of likely N-dealkylation sites (tertiary alicyclic amines) is 1. The van der Waals surface area contributed by atoms with Crippen LogP contribution in [0.4, 0.5) is 0 Å². The van der Waals surface area contributed by atoms with Crippen LogP contribution in [-0.4, -0.2) is 38.8 Å². The highest BCUT2D eigenvalue weighted by Gasteiger charge is 2.31. The maximum absolute atomic E-state index is 10.0. The third kappa shape index (κ3) is 2.66. The Morgan fingerprint density at radius 1 is 1.53 bits per heavy atom. The van der Waals surface area contributed by atoms with Gasteiger partial charge in [-0.15, -0.1) is 0 Å². The summed E-state index contributed by atoms with van der Waals surface area (Å²) in [5.74, 6) is 2.06.